The minimum atomic E-state index is -0.503. The van der Waals surface area contributed by atoms with Crippen molar-refractivity contribution in [1.82, 2.24) is 10.3 Å². The van der Waals surface area contributed by atoms with E-state index in [0.29, 0.717) is 16.6 Å². The van der Waals surface area contributed by atoms with Crippen molar-refractivity contribution in [3.05, 3.63) is 54.1 Å². The number of aromatic nitrogens is 1. The Labute approximate surface area is 172 Å². The lowest BCUT2D eigenvalue weighted by atomic mass is 10.0. The van der Waals surface area contributed by atoms with E-state index >= 15 is 0 Å². The molecule has 0 radical (unpaired) electrons. The third-order valence-corrected chi connectivity index (χ3v) is 4.96. The van der Waals surface area contributed by atoms with Crippen molar-refractivity contribution in [2.75, 3.05) is 19.5 Å². The maximum absolute atomic E-state index is 12.5. The molecule has 0 aliphatic heterocycles. The van der Waals surface area contributed by atoms with Gasteiger partial charge < -0.3 is 19.2 Å². The second-order valence-corrected chi connectivity index (χ2v) is 7.07. The number of carbonyl (C=O) groups excluding carboxylic acids is 2. The monoisotopic (exact) mass is 414 g/mol. The minimum Gasteiger partial charge on any atom is -0.497 e. The van der Waals surface area contributed by atoms with Crippen LogP contribution in [0.1, 0.15) is 24.9 Å². The van der Waals surface area contributed by atoms with E-state index in [1.165, 1.54) is 11.8 Å². The number of hydrogen-bond donors (Lipinski definition) is 1. The van der Waals surface area contributed by atoms with Crippen LogP contribution in [0.2, 0.25) is 0 Å². The van der Waals surface area contributed by atoms with Gasteiger partial charge in [-0.3, -0.25) is 9.59 Å². The third-order valence-electron chi connectivity index (χ3n) is 4.13. The molecule has 0 fully saturated rings. The Bertz CT molecular complexity index is 938. The van der Waals surface area contributed by atoms with Crippen molar-refractivity contribution in [1.29, 1.82) is 0 Å². The molecule has 7 nitrogen and oxygen atoms in total. The fraction of sp³-hybridized carbons (Fsp3) is 0.286. The first-order valence-corrected chi connectivity index (χ1v) is 10.1. The maximum atomic E-state index is 12.5. The van der Waals surface area contributed by atoms with Crippen LogP contribution in [-0.4, -0.2) is 36.3 Å². The molecular weight excluding hydrogens is 392 g/mol. The van der Waals surface area contributed by atoms with E-state index in [-0.39, 0.29) is 30.7 Å². The molecule has 0 unspecified atom stereocenters. The Balaban J connectivity index is 1.64. The standard InChI is InChI=1S/C21H22N2O5S/c1-3-27-20(25)12-17(14-8-10-15(26-2)11-9-14)22-19(24)13-29-21-23-16-6-4-5-7-18(16)28-21/h4-11,17H,3,12-13H2,1-2H3,(H,22,24)/t17-/m0/s1. The summed E-state index contributed by atoms with van der Waals surface area (Å²) in [7, 11) is 1.58. The van der Waals surface area contributed by atoms with E-state index in [0.717, 1.165) is 11.1 Å². The third kappa shape index (κ3) is 5.74. The van der Waals surface area contributed by atoms with Crippen molar-refractivity contribution in [3.63, 3.8) is 0 Å². The number of esters is 1. The van der Waals surface area contributed by atoms with Crippen LogP contribution in [-0.2, 0) is 14.3 Å². The number of hydrogen-bond acceptors (Lipinski definition) is 7. The molecule has 0 aliphatic carbocycles. The fourth-order valence-corrected chi connectivity index (χ4v) is 3.40. The number of fused-ring (bicyclic) bond motifs is 1. The van der Waals surface area contributed by atoms with E-state index in [9.17, 15) is 9.59 Å². The zero-order valence-corrected chi connectivity index (χ0v) is 17.0. The predicted octanol–water partition coefficient (Wildman–Crippen LogP) is 3.74. The highest BCUT2D eigenvalue weighted by Crippen LogP contribution is 2.24. The zero-order valence-electron chi connectivity index (χ0n) is 16.2. The summed E-state index contributed by atoms with van der Waals surface area (Å²) in [4.78, 5) is 28.8. The van der Waals surface area contributed by atoms with E-state index in [2.05, 4.69) is 10.3 Å². The average molecular weight is 414 g/mol. The second kappa shape index (κ2) is 9.97. The lowest BCUT2D eigenvalue weighted by Crippen LogP contribution is -2.31. The highest BCUT2D eigenvalue weighted by Gasteiger charge is 2.20. The van der Waals surface area contributed by atoms with Gasteiger partial charge in [-0.2, -0.15) is 0 Å². The zero-order chi connectivity index (χ0) is 20.6. The Morgan fingerprint density at radius 2 is 1.93 bits per heavy atom. The molecule has 8 heteroatoms. The Kier molecular flexibility index (Phi) is 7.13. The normalized spacial score (nSPS) is 11.8. The van der Waals surface area contributed by atoms with Gasteiger partial charge in [-0.15, -0.1) is 0 Å². The summed E-state index contributed by atoms with van der Waals surface area (Å²) >= 11 is 1.20. The summed E-state index contributed by atoms with van der Waals surface area (Å²) in [6, 6.07) is 14.1. The summed E-state index contributed by atoms with van der Waals surface area (Å²) in [5, 5.41) is 3.32. The van der Waals surface area contributed by atoms with Crippen molar-refractivity contribution >= 4 is 34.7 Å². The SMILES string of the molecule is CCOC(=O)C[C@H](NC(=O)CSc1nc2ccccc2o1)c1ccc(OC)cc1. The number of oxazole rings is 1. The van der Waals surface area contributed by atoms with Gasteiger partial charge >= 0.3 is 5.97 Å². The molecule has 2 aromatic carbocycles. The largest absolute Gasteiger partial charge is 0.497 e. The van der Waals surface area contributed by atoms with Crippen LogP contribution in [0.3, 0.4) is 0 Å². The van der Waals surface area contributed by atoms with E-state index in [1.807, 2.05) is 36.4 Å². The quantitative estimate of drug-likeness (QED) is 0.421. The second-order valence-electron chi connectivity index (χ2n) is 6.14. The smallest absolute Gasteiger partial charge is 0.308 e. The number of amides is 1. The van der Waals surface area contributed by atoms with E-state index in [4.69, 9.17) is 13.9 Å². The first-order valence-electron chi connectivity index (χ1n) is 9.16. The van der Waals surface area contributed by atoms with Crippen LogP contribution >= 0.6 is 11.8 Å². The number of rotatable bonds is 9. The number of para-hydroxylation sites is 2. The maximum Gasteiger partial charge on any atom is 0.308 e. The van der Waals surface area contributed by atoms with Gasteiger partial charge in [0.1, 0.15) is 11.3 Å². The molecule has 0 aliphatic rings. The average Bonchev–Trinajstić information content (AvgIpc) is 3.15. The van der Waals surface area contributed by atoms with Crippen LogP contribution in [0.25, 0.3) is 11.1 Å². The lowest BCUT2D eigenvalue weighted by molar-refractivity contribution is -0.143. The molecule has 1 aromatic heterocycles. The van der Waals surface area contributed by atoms with Crippen molar-refractivity contribution in [3.8, 4) is 5.75 Å². The van der Waals surface area contributed by atoms with Gasteiger partial charge in [0.25, 0.3) is 5.22 Å². The molecule has 3 aromatic rings. The molecule has 1 atom stereocenters. The van der Waals surface area contributed by atoms with Gasteiger partial charge in [0.05, 0.1) is 31.9 Å². The van der Waals surface area contributed by atoms with E-state index < -0.39 is 6.04 Å². The van der Waals surface area contributed by atoms with Crippen LogP contribution in [0.5, 0.6) is 5.75 Å². The van der Waals surface area contributed by atoms with Crippen LogP contribution in [0.4, 0.5) is 0 Å². The molecule has 0 saturated heterocycles. The van der Waals surface area contributed by atoms with Crippen molar-refractivity contribution in [2.24, 2.45) is 0 Å². The van der Waals surface area contributed by atoms with Gasteiger partial charge in [0.15, 0.2) is 5.58 Å². The Morgan fingerprint density at radius 1 is 1.17 bits per heavy atom. The highest BCUT2D eigenvalue weighted by molar-refractivity contribution is 7.99. The molecule has 1 amide bonds. The van der Waals surface area contributed by atoms with Crippen LogP contribution in [0, 0.1) is 0 Å². The number of benzene rings is 2. The number of nitrogens with zero attached hydrogens (tertiary/aromatic N) is 1. The summed E-state index contributed by atoms with van der Waals surface area (Å²) in [5.74, 6) is 0.200. The molecule has 3 rings (SSSR count). The van der Waals surface area contributed by atoms with Crippen LogP contribution < -0.4 is 10.1 Å². The first kappa shape index (κ1) is 20.7. The predicted molar refractivity (Wildman–Crippen MR) is 110 cm³/mol. The number of nitrogens with one attached hydrogen (secondary N) is 1. The van der Waals surface area contributed by atoms with Gasteiger partial charge in [-0.25, -0.2) is 4.98 Å². The molecule has 1 N–H and O–H groups in total. The van der Waals surface area contributed by atoms with Gasteiger partial charge in [-0.05, 0) is 36.8 Å². The molecular formula is C21H22N2O5S. The molecule has 1 heterocycles. The van der Waals surface area contributed by atoms with E-state index in [1.54, 1.807) is 26.2 Å². The summed E-state index contributed by atoms with van der Waals surface area (Å²) < 4.78 is 15.8. The summed E-state index contributed by atoms with van der Waals surface area (Å²) in [5.41, 5.74) is 2.21. The minimum absolute atomic E-state index is 0.0411. The molecule has 152 valence electrons. The number of carbonyl (C=O) groups is 2. The molecule has 29 heavy (non-hydrogen) atoms. The number of ether oxygens (including phenoxy) is 2. The Hall–Kier alpha value is -3.00. The summed E-state index contributed by atoms with van der Waals surface area (Å²) in [6.45, 7) is 2.03. The van der Waals surface area contributed by atoms with Crippen molar-refractivity contribution < 1.29 is 23.5 Å². The Morgan fingerprint density at radius 3 is 2.62 bits per heavy atom. The molecule has 0 saturated carbocycles. The van der Waals surface area contributed by atoms with Gasteiger partial charge in [0.2, 0.25) is 5.91 Å². The lowest BCUT2D eigenvalue weighted by Gasteiger charge is -2.18. The van der Waals surface area contributed by atoms with Crippen molar-refractivity contribution in [2.45, 2.75) is 24.6 Å². The molecule has 0 bridgehead atoms. The van der Waals surface area contributed by atoms with Crippen LogP contribution in [0.15, 0.2) is 58.2 Å². The van der Waals surface area contributed by atoms with Gasteiger partial charge in [0, 0.05) is 0 Å². The highest BCUT2D eigenvalue weighted by atomic mass is 32.2. The first-order chi connectivity index (χ1) is 14.1. The summed E-state index contributed by atoms with van der Waals surface area (Å²) in [6.07, 6.45) is 0.0411. The number of thioether (sulfide) groups is 1. The number of methoxy groups -OCH3 is 1. The van der Waals surface area contributed by atoms with Gasteiger partial charge in [-0.1, -0.05) is 36.0 Å². The molecule has 0 spiro atoms. The fourth-order valence-electron chi connectivity index (χ4n) is 2.75. The topological polar surface area (TPSA) is 90.7 Å².